The molecule has 0 radical (unpaired) electrons. The lowest BCUT2D eigenvalue weighted by Gasteiger charge is -2.22. The van der Waals surface area contributed by atoms with Crippen LogP contribution in [0, 0.1) is 0 Å². The number of para-hydroxylation sites is 1. The molecule has 0 N–H and O–H groups in total. The van der Waals surface area contributed by atoms with Gasteiger partial charge in [-0.25, -0.2) is 0 Å². The van der Waals surface area contributed by atoms with E-state index in [2.05, 4.69) is 147 Å². The van der Waals surface area contributed by atoms with Crippen LogP contribution >= 0.6 is 0 Å². The van der Waals surface area contributed by atoms with Crippen molar-refractivity contribution >= 4 is 65.4 Å². The predicted molar refractivity (Wildman–Crippen MR) is 204 cm³/mol. The Morgan fingerprint density at radius 2 is 1.02 bits per heavy atom. The van der Waals surface area contributed by atoms with Crippen molar-refractivity contribution in [2.24, 2.45) is 0 Å². The van der Waals surface area contributed by atoms with E-state index in [4.69, 9.17) is 8.83 Å². The first-order valence-corrected chi connectivity index (χ1v) is 17.0. The fraction of sp³-hybridized carbons (Fsp3) is 0.0638. The lowest BCUT2D eigenvalue weighted by atomic mass is 9.80. The summed E-state index contributed by atoms with van der Waals surface area (Å²) in [5, 5.41) is 9.57. The van der Waals surface area contributed by atoms with E-state index in [0.717, 1.165) is 44.1 Å². The fourth-order valence-electron chi connectivity index (χ4n) is 8.57. The Bertz CT molecular complexity index is 3020. The maximum Gasteiger partial charge on any atom is 0.136 e. The Morgan fingerprint density at radius 1 is 0.367 bits per heavy atom. The average molecular weight is 627 g/mol. The summed E-state index contributed by atoms with van der Waals surface area (Å²) >= 11 is 0. The van der Waals surface area contributed by atoms with Gasteiger partial charge in [-0.1, -0.05) is 105 Å². The summed E-state index contributed by atoms with van der Waals surface area (Å²) in [4.78, 5) is 0. The zero-order valence-electron chi connectivity index (χ0n) is 27.2. The molecule has 0 unspecified atom stereocenters. The highest BCUT2D eigenvalue weighted by Gasteiger charge is 2.36. The summed E-state index contributed by atoms with van der Waals surface area (Å²) in [6, 6.07) is 52.9. The Hall–Kier alpha value is -6.12. The monoisotopic (exact) mass is 626 g/mol. The van der Waals surface area contributed by atoms with Gasteiger partial charge in [-0.3, -0.25) is 0 Å². The molecule has 0 atom stereocenters. The second kappa shape index (κ2) is 9.49. The lowest BCUT2D eigenvalue weighted by molar-refractivity contribution is 0.661. The van der Waals surface area contributed by atoms with Crippen LogP contribution in [0.4, 0.5) is 0 Å². The molecule has 230 valence electrons. The van der Waals surface area contributed by atoms with E-state index < -0.39 is 0 Å². The smallest absolute Gasteiger partial charge is 0.136 e. The van der Waals surface area contributed by atoms with Crippen LogP contribution in [0.3, 0.4) is 0 Å². The van der Waals surface area contributed by atoms with Gasteiger partial charge < -0.3 is 8.83 Å². The van der Waals surface area contributed by atoms with Crippen molar-refractivity contribution in [1.29, 1.82) is 0 Å². The van der Waals surface area contributed by atoms with Crippen molar-refractivity contribution < 1.29 is 8.83 Å². The third kappa shape index (κ3) is 3.72. The Morgan fingerprint density at radius 3 is 1.94 bits per heavy atom. The van der Waals surface area contributed by atoms with Gasteiger partial charge in [-0.15, -0.1) is 0 Å². The molecule has 0 amide bonds. The Kier molecular flexibility index (Phi) is 5.21. The van der Waals surface area contributed by atoms with Crippen LogP contribution in [0.15, 0.2) is 154 Å². The van der Waals surface area contributed by atoms with Crippen molar-refractivity contribution in [3.8, 4) is 33.4 Å². The van der Waals surface area contributed by atoms with E-state index in [-0.39, 0.29) is 5.41 Å². The maximum absolute atomic E-state index is 6.43. The van der Waals surface area contributed by atoms with E-state index in [0.29, 0.717) is 0 Å². The van der Waals surface area contributed by atoms with Crippen LogP contribution in [-0.2, 0) is 5.41 Å². The highest BCUT2D eigenvalue weighted by molar-refractivity contribution is 6.16. The molecule has 0 saturated heterocycles. The van der Waals surface area contributed by atoms with Gasteiger partial charge in [-0.2, -0.15) is 0 Å². The SMILES string of the molecule is CC1(C)c2cc(-c3cccc4oc5cc6ccccc6cc5c34)ccc2-c2cc3c(-c4ccc5c(c4)oc4ccccc45)cccc3cc21. The first-order valence-electron chi connectivity index (χ1n) is 17.0. The molecule has 1 aliphatic rings. The normalized spacial score (nSPS) is 13.7. The fourth-order valence-corrected chi connectivity index (χ4v) is 8.57. The number of hydrogen-bond donors (Lipinski definition) is 0. The minimum absolute atomic E-state index is 0.152. The number of hydrogen-bond acceptors (Lipinski definition) is 2. The predicted octanol–water partition coefficient (Wildman–Crippen LogP) is 13.4. The van der Waals surface area contributed by atoms with E-state index in [1.807, 2.05) is 12.1 Å². The van der Waals surface area contributed by atoms with E-state index in [1.165, 1.54) is 65.9 Å². The van der Waals surface area contributed by atoms with Crippen LogP contribution in [0.5, 0.6) is 0 Å². The van der Waals surface area contributed by atoms with Gasteiger partial charge in [0.05, 0.1) is 0 Å². The van der Waals surface area contributed by atoms with Gasteiger partial charge in [0.25, 0.3) is 0 Å². The van der Waals surface area contributed by atoms with E-state index in [9.17, 15) is 0 Å². The van der Waals surface area contributed by atoms with Crippen LogP contribution in [0.2, 0.25) is 0 Å². The highest BCUT2D eigenvalue weighted by Crippen LogP contribution is 2.52. The molecule has 2 heterocycles. The summed E-state index contributed by atoms with van der Waals surface area (Å²) in [6.45, 7) is 4.74. The molecule has 0 aliphatic heterocycles. The minimum Gasteiger partial charge on any atom is -0.456 e. The third-order valence-electron chi connectivity index (χ3n) is 11.0. The molecule has 0 bridgehead atoms. The molecule has 49 heavy (non-hydrogen) atoms. The minimum atomic E-state index is -0.152. The zero-order valence-corrected chi connectivity index (χ0v) is 27.2. The summed E-state index contributed by atoms with van der Waals surface area (Å²) < 4.78 is 12.7. The Balaban J connectivity index is 1.08. The van der Waals surface area contributed by atoms with Gasteiger partial charge in [-0.05, 0) is 121 Å². The summed E-state index contributed by atoms with van der Waals surface area (Å²) in [5.74, 6) is 0. The van der Waals surface area contributed by atoms with E-state index >= 15 is 0 Å². The van der Waals surface area contributed by atoms with Crippen LogP contribution in [0.25, 0.3) is 98.8 Å². The van der Waals surface area contributed by atoms with Crippen molar-refractivity contribution in [3.63, 3.8) is 0 Å². The van der Waals surface area contributed by atoms with Crippen molar-refractivity contribution in [2.45, 2.75) is 19.3 Å². The quantitative estimate of drug-likeness (QED) is 0.191. The van der Waals surface area contributed by atoms with Crippen molar-refractivity contribution in [1.82, 2.24) is 0 Å². The number of furan rings is 2. The van der Waals surface area contributed by atoms with Gasteiger partial charge in [0, 0.05) is 27.0 Å². The molecule has 2 aromatic heterocycles. The van der Waals surface area contributed by atoms with Gasteiger partial charge in [0.1, 0.15) is 22.3 Å². The highest BCUT2D eigenvalue weighted by atomic mass is 16.3. The second-order valence-corrected chi connectivity index (χ2v) is 14.1. The number of fused-ring (bicyclic) bond motifs is 11. The molecule has 2 nitrogen and oxygen atoms in total. The maximum atomic E-state index is 6.43. The van der Waals surface area contributed by atoms with Gasteiger partial charge in [0.2, 0.25) is 0 Å². The molecule has 0 spiro atoms. The molecule has 1 aliphatic carbocycles. The average Bonchev–Trinajstić information content (AvgIpc) is 3.76. The molecule has 2 heteroatoms. The van der Waals surface area contributed by atoms with Crippen LogP contribution < -0.4 is 0 Å². The molecule has 10 aromatic rings. The topological polar surface area (TPSA) is 26.3 Å². The molecule has 11 rings (SSSR count). The molecular weight excluding hydrogens is 597 g/mol. The summed E-state index contributed by atoms with van der Waals surface area (Å²) in [5.41, 5.74) is 13.7. The molecule has 0 fully saturated rings. The number of benzene rings is 8. The first kappa shape index (κ1) is 26.9. The summed E-state index contributed by atoms with van der Waals surface area (Å²) in [7, 11) is 0. The van der Waals surface area contributed by atoms with Crippen LogP contribution in [0.1, 0.15) is 25.0 Å². The lowest BCUT2D eigenvalue weighted by Crippen LogP contribution is -2.15. The van der Waals surface area contributed by atoms with Gasteiger partial charge in [0.15, 0.2) is 0 Å². The standard InChI is InChI=1S/C47H30O2/c1-47(2)40-23-30(33-14-8-16-43-46(33)39-21-27-9-3-4-10-28(27)24-45(39)49-43)17-19-34(40)38-26-37-29(22-41(38)47)11-7-13-32(37)31-18-20-36-35-12-5-6-15-42(35)48-44(36)25-31/h3-26H,1-2H3. The van der Waals surface area contributed by atoms with Crippen molar-refractivity contribution in [3.05, 3.63) is 157 Å². The van der Waals surface area contributed by atoms with Gasteiger partial charge >= 0.3 is 0 Å². The molecule has 8 aromatic carbocycles. The zero-order chi connectivity index (χ0) is 32.4. The van der Waals surface area contributed by atoms with Crippen molar-refractivity contribution in [2.75, 3.05) is 0 Å². The number of rotatable bonds is 2. The largest absolute Gasteiger partial charge is 0.456 e. The molecule has 0 saturated carbocycles. The first-order chi connectivity index (χ1) is 24.0. The molecular formula is C47H30O2. The van der Waals surface area contributed by atoms with E-state index in [1.54, 1.807) is 0 Å². The van der Waals surface area contributed by atoms with Crippen LogP contribution in [-0.4, -0.2) is 0 Å². The Labute approximate surface area is 282 Å². The third-order valence-corrected chi connectivity index (χ3v) is 11.0. The second-order valence-electron chi connectivity index (χ2n) is 14.1. The summed E-state index contributed by atoms with van der Waals surface area (Å²) in [6.07, 6.45) is 0.